The molecule has 1 aromatic rings. The lowest BCUT2D eigenvalue weighted by Crippen LogP contribution is -2.01. The molecule has 0 spiro atoms. The molecule has 94 valence electrons. The van der Waals surface area contributed by atoms with Crippen LogP contribution in [0.3, 0.4) is 0 Å². The molecule has 0 amide bonds. The molecule has 0 aliphatic heterocycles. The molecule has 1 rings (SSSR count). The van der Waals surface area contributed by atoms with Gasteiger partial charge in [-0.05, 0) is 30.0 Å². The minimum atomic E-state index is -0.484. The number of oxime groups is 1. The van der Waals surface area contributed by atoms with Crippen LogP contribution in [0, 0.1) is 0 Å². The van der Waals surface area contributed by atoms with E-state index in [1.807, 2.05) is 6.07 Å². The Morgan fingerprint density at radius 3 is 2.76 bits per heavy atom. The second-order valence-electron chi connectivity index (χ2n) is 4.19. The van der Waals surface area contributed by atoms with Crippen LogP contribution in [0.2, 0.25) is 0 Å². The largest absolute Gasteiger partial charge is 0.411 e. The van der Waals surface area contributed by atoms with E-state index in [2.05, 4.69) is 12.1 Å². The van der Waals surface area contributed by atoms with E-state index in [0.717, 1.165) is 24.8 Å². The summed E-state index contributed by atoms with van der Waals surface area (Å²) < 4.78 is 12.5. The summed E-state index contributed by atoms with van der Waals surface area (Å²) in [6, 6.07) is 7.12. The van der Waals surface area contributed by atoms with Crippen LogP contribution in [0.25, 0.3) is 0 Å². The third-order valence-corrected chi connectivity index (χ3v) is 2.80. The van der Waals surface area contributed by atoms with E-state index in [9.17, 15) is 4.39 Å². The highest BCUT2D eigenvalue weighted by Gasteiger charge is 2.05. The van der Waals surface area contributed by atoms with Gasteiger partial charge in [0, 0.05) is 0 Å². The summed E-state index contributed by atoms with van der Waals surface area (Å²) in [5.41, 5.74) is 2.09. The van der Waals surface area contributed by atoms with Crippen molar-refractivity contribution in [3.63, 3.8) is 0 Å². The zero-order valence-electron chi connectivity index (χ0n) is 10.3. The zero-order valence-corrected chi connectivity index (χ0v) is 10.3. The van der Waals surface area contributed by atoms with Gasteiger partial charge >= 0.3 is 0 Å². The van der Waals surface area contributed by atoms with E-state index in [-0.39, 0.29) is 0 Å². The molecular formula is C14H20FNO. The van der Waals surface area contributed by atoms with Gasteiger partial charge in [0.2, 0.25) is 0 Å². The smallest absolute Gasteiger partial charge is 0.115 e. The van der Waals surface area contributed by atoms with Gasteiger partial charge in [0.05, 0.1) is 5.71 Å². The topological polar surface area (TPSA) is 32.6 Å². The third kappa shape index (κ3) is 4.55. The number of halogens is 1. The zero-order chi connectivity index (χ0) is 12.5. The lowest BCUT2D eigenvalue weighted by atomic mass is 10.0. The minimum absolute atomic E-state index is 0.484. The molecule has 0 aliphatic rings. The van der Waals surface area contributed by atoms with Crippen LogP contribution in [0.1, 0.15) is 50.2 Å². The van der Waals surface area contributed by atoms with Gasteiger partial charge in [-0.25, -0.2) is 4.39 Å². The number of hydrogen-bond donors (Lipinski definition) is 1. The highest BCUT2D eigenvalue weighted by molar-refractivity contribution is 6.00. The summed E-state index contributed by atoms with van der Waals surface area (Å²) in [5.74, 6) is 0. The Morgan fingerprint density at radius 1 is 1.29 bits per heavy atom. The summed E-state index contributed by atoms with van der Waals surface area (Å²) in [7, 11) is 0. The lowest BCUT2D eigenvalue weighted by molar-refractivity contribution is 0.317. The fourth-order valence-corrected chi connectivity index (χ4v) is 1.81. The van der Waals surface area contributed by atoms with Gasteiger partial charge in [-0.15, -0.1) is 0 Å². The van der Waals surface area contributed by atoms with Crippen LogP contribution < -0.4 is 0 Å². The van der Waals surface area contributed by atoms with Crippen molar-refractivity contribution >= 4 is 5.71 Å². The Labute approximate surface area is 102 Å². The van der Waals surface area contributed by atoms with E-state index in [1.54, 1.807) is 18.2 Å². The summed E-state index contributed by atoms with van der Waals surface area (Å²) >= 11 is 0. The van der Waals surface area contributed by atoms with Crippen molar-refractivity contribution in [2.45, 2.75) is 45.7 Å². The number of nitrogens with zero attached hydrogens (tertiary/aromatic N) is 1. The molecule has 2 nitrogen and oxygen atoms in total. The summed E-state index contributed by atoms with van der Waals surface area (Å²) in [6.07, 6.45) is 5.27. The van der Waals surface area contributed by atoms with Gasteiger partial charge < -0.3 is 5.21 Å². The molecule has 0 heterocycles. The van der Waals surface area contributed by atoms with Crippen LogP contribution in [-0.4, -0.2) is 10.9 Å². The number of rotatable bonds is 7. The maximum atomic E-state index is 12.5. The van der Waals surface area contributed by atoms with Crippen molar-refractivity contribution in [3.05, 3.63) is 35.4 Å². The Morgan fingerprint density at radius 2 is 2.12 bits per heavy atom. The van der Waals surface area contributed by atoms with Crippen LogP contribution in [0.15, 0.2) is 29.4 Å². The molecule has 0 unspecified atom stereocenters. The average molecular weight is 237 g/mol. The average Bonchev–Trinajstić information content (AvgIpc) is 2.39. The van der Waals surface area contributed by atoms with Crippen molar-refractivity contribution in [2.75, 3.05) is 0 Å². The van der Waals surface area contributed by atoms with Crippen molar-refractivity contribution < 1.29 is 9.60 Å². The molecule has 1 N–H and O–H groups in total. The minimum Gasteiger partial charge on any atom is -0.411 e. The first-order valence-corrected chi connectivity index (χ1v) is 6.18. The first-order valence-electron chi connectivity index (χ1n) is 6.18. The number of alkyl halides is 1. The summed E-state index contributed by atoms with van der Waals surface area (Å²) in [4.78, 5) is 0. The van der Waals surface area contributed by atoms with E-state index >= 15 is 0 Å². The maximum Gasteiger partial charge on any atom is 0.115 e. The number of benzene rings is 1. The molecular weight excluding hydrogens is 217 g/mol. The fraction of sp³-hybridized carbons (Fsp3) is 0.500. The van der Waals surface area contributed by atoms with Gasteiger partial charge in [0.1, 0.15) is 6.67 Å². The normalized spacial score (nSPS) is 11.8. The Hall–Kier alpha value is -1.38. The van der Waals surface area contributed by atoms with Crippen molar-refractivity contribution in [1.29, 1.82) is 0 Å². The summed E-state index contributed by atoms with van der Waals surface area (Å²) in [6.45, 7) is 1.67. The molecule has 0 bridgehead atoms. The van der Waals surface area contributed by atoms with Crippen molar-refractivity contribution in [3.8, 4) is 0 Å². The quantitative estimate of drug-likeness (QED) is 0.326. The first kappa shape index (κ1) is 13.7. The number of unbranched alkanes of at least 4 members (excludes halogenated alkanes) is 3. The molecule has 17 heavy (non-hydrogen) atoms. The Bertz CT molecular complexity index is 363. The van der Waals surface area contributed by atoms with E-state index in [1.165, 1.54) is 12.8 Å². The molecule has 0 atom stereocenters. The van der Waals surface area contributed by atoms with Crippen LogP contribution >= 0.6 is 0 Å². The predicted molar refractivity (Wildman–Crippen MR) is 68.3 cm³/mol. The SMILES string of the molecule is CCCCCCC(=NO)c1cccc(CF)c1. The molecule has 0 saturated heterocycles. The molecule has 3 heteroatoms. The lowest BCUT2D eigenvalue weighted by Gasteiger charge is -2.05. The molecule has 0 aliphatic carbocycles. The second kappa shape index (κ2) is 7.82. The van der Waals surface area contributed by atoms with Gasteiger partial charge in [0.25, 0.3) is 0 Å². The van der Waals surface area contributed by atoms with Gasteiger partial charge in [-0.1, -0.05) is 49.5 Å². The molecule has 0 radical (unpaired) electrons. The fourth-order valence-electron chi connectivity index (χ4n) is 1.81. The van der Waals surface area contributed by atoms with Gasteiger partial charge in [-0.2, -0.15) is 0 Å². The van der Waals surface area contributed by atoms with Crippen molar-refractivity contribution in [1.82, 2.24) is 0 Å². The predicted octanol–water partition coefficient (Wildman–Crippen LogP) is 4.30. The number of hydrogen-bond acceptors (Lipinski definition) is 2. The molecule has 0 aromatic heterocycles. The van der Waals surface area contributed by atoms with E-state index in [4.69, 9.17) is 5.21 Å². The first-order chi connectivity index (χ1) is 8.31. The Balaban J connectivity index is 2.60. The second-order valence-corrected chi connectivity index (χ2v) is 4.19. The maximum absolute atomic E-state index is 12.5. The van der Waals surface area contributed by atoms with E-state index < -0.39 is 6.67 Å². The molecule has 0 saturated carbocycles. The van der Waals surface area contributed by atoms with Crippen LogP contribution in [0.5, 0.6) is 0 Å². The Kier molecular flexibility index (Phi) is 6.30. The standard InChI is InChI=1S/C14H20FNO/c1-2-3-4-5-9-14(16-17)13-8-6-7-12(10-13)11-15/h6-8,10,17H,2-5,9,11H2,1H3. The highest BCUT2D eigenvalue weighted by Crippen LogP contribution is 2.12. The monoisotopic (exact) mass is 237 g/mol. The van der Waals surface area contributed by atoms with Crippen LogP contribution in [-0.2, 0) is 6.67 Å². The summed E-state index contributed by atoms with van der Waals surface area (Å²) in [5, 5.41) is 12.3. The third-order valence-electron chi connectivity index (χ3n) is 2.80. The van der Waals surface area contributed by atoms with E-state index in [0.29, 0.717) is 11.3 Å². The molecule has 0 fully saturated rings. The van der Waals surface area contributed by atoms with Gasteiger partial charge in [0.15, 0.2) is 0 Å². The van der Waals surface area contributed by atoms with Crippen LogP contribution in [0.4, 0.5) is 4.39 Å². The van der Waals surface area contributed by atoms with Crippen molar-refractivity contribution in [2.24, 2.45) is 5.16 Å². The van der Waals surface area contributed by atoms with Gasteiger partial charge in [-0.3, -0.25) is 0 Å². The molecule has 1 aromatic carbocycles. The highest BCUT2D eigenvalue weighted by atomic mass is 19.1.